The van der Waals surface area contributed by atoms with E-state index in [1.54, 1.807) is 0 Å². The zero-order valence-electron chi connectivity index (χ0n) is 8.40. The molecule has 0 amide bonds. The Kier molecular flexibility index (Phi) is 2.79. The minimum absolute atomic E-state index is 0.399. The molecule has 2 rings (SSSR count). The summed E-state index contributed by atoms with van der Waals surface area (Å²) in [5, 5.41) is 11.4. The van der Waals surface area contributed by atoms with Crippen LogP contribution in [0.15, 0.2) is 29.6 Å². The Morgan fingerprint density at radius 2 is 2.07 bits per heavy atom. The molecule has 15 heavy (non-hydrogen) atoms. The van der Waals surface area contributed by atoms with E-state index in [0.29, 0.717) is 6.42 Å². The van der Waals surface area contributed by atoms with Gasteiger partial charge in [0, 0.05) is 10.9 Å². The van der Waals surface area contributed by atoms with E-state index >= 15 is 0 Å². The Hall–Kier alpha value is -1.66. The summed E-state index contributed by atoms with van der Waals surface area (Å²) in [5.41, 5.74) is 3.32. The van der Waals surface area contributed by atoms with Crippen LogP contribution in [0, 0.1) is 18.3 Å². The predicted molar refractivity (Wildman–Crippen MR) is 61.6 cm³/mol. The number of nitrogens with zero attached hydrogens (tertiary/aromatic N) is 2. The van der Waals surface area contributed by atoms with Crippen molar-refractivity contribution in [3.05, 3.63) is 40.2 Å². The van der Waals surface area contributed by atoms with Crippen molar-refractivity contribution in [2.75, 3.05) is 0 Å². The van der Waals surface area contributed by atoms with Crippen LogP contribution in [0.5, 0.6) is 0 Å². The molecule has 0 N–H and O–H groups in total. The molecule has 0 fully saturated rings. The highest BCUT2D eigenvalue weighted by Crippen LogP contribution is 2.22. The number of benzene rings is 1. The fraction of sp³-hybridized carbons (Fsp3) is 0.167. The predicted octanol–water partition coefficient (Wildman–Crippen LogP) is 3.18. The molecule has 74 valence electrons. The molecule has 0 spiro atoms. The second-order valence-corrected chi connectivity index (χ2v) is 4.27. The fourth-order valence-electron chi connectivity index (χ4n) is 1.32. The van der Waals surface area contributed by atoms with Gasteiger partial charge in [-0.1, -0.05) is 29.8 Å². The largest absolute Gasteiger partial charge is 0.240 e. The molecule has 0 aliphatic heterocycles. The highest BCUT2D eigenvalue weighted by Gasteiger charge is 2.03. The zero-order valence-corrected chi connectivity index (χ0v) is 9.21. The van der Waals surface area contributed by atoms with Crippen molar-refractivity contribution in [3.63, 3.8) is 0 Å². The van der Waals surface area contributed by atoms with Gasteiger partial charge in [0.1, 0.15) is 5.01 Å². The number of aryl methyl sites for hydroxylation is 1. The van der Waals surface area contributed by atoms with Crippen LogP contribution in [0.4, 0.5) is 0 Å². The summed E-state index contributed by atoms with van der Waals surface area (Å²) in [6, 6.07) is 10.4. The van der Waals surface area contributed by atoms with Gasteiger partial charge in [0.15, 0.2) is 0 Å². The second-order valence-electron chi connectivity index (χ2n) is 3.33. The molecule has 2 aromatic rings. The third-order valence-corrected chi connectivity index (χ3v) is 2.98. The van der Waals surface area contributed by atoms with Crippen molar-refractivity contribution < 1.29 is 0 Å². The molecule has 0 saturated heterocycles. The van der Waals surface area contributed by atoms with E-state index in [1.807, 2.05) is 5.38 Å². The monoisotopic (exact) mass is 214 g/mol. The first-order chi connectivity index (χ1) is 7.29. The summed E-state index contributed by atoms with van der Waals surface area (Å²) in [7, 11) is 0. The van der Waals surface area contributed by atoms with E-state index in [1.165, 1.54) is 16.9 Å². The van der Waals surface area contributed by atoms with Crippen LogP contribution in [-0.2, 0) is 6.42 Å². The van der Waals surface area contributed by atoms with Crippen molar-refractivity contribution in [2.45, 2.75) is 13.3 Å². The third-order valence-electron chi connectivity index (χ3n) is 2.13. The molecule has 0 radical (unpaired) electrons. The van der Waals surface area contributed by atoms with Crippen LogP contribution in [-0.4, -0.2) is 4.98 Å². The minimum Gasteiger partial charge on any atom is -0.240 e. The van der Waals surface area contributed by atoms with Gasteiger partial charge < -0.3 is 0 Å². The molecular weight excluding hydrogens is 204 g/mol. The molecule has 1 aromatic carbocycles. The highest BCUT2D eigenvalue weighted by molar-refractivity contribution is 7.10. The van der Waals surface area contributed by atoms with Crippen molar-refractivity contribution in [2.24, 2.45) is 0 Å². The second kappa shape index (κ2) is 4.24. The van der Waals surface area contributed by atoms with Gasteiger partial charge in [-0.25, -0.2) is 4.98 Å². The van der Waals surface area contributed by atoms with Crippen molar-refractivity contribution in [3.8, 4) is 17.3 Å². The van der Waals surface area contributed by atoms with Crippen LogP contribution in [0.1, 0.15) is 10.6 Å². The molecule has 1 aromatic heterocycles. The van der Waals surface area contributed by atoms with E-state index in [0.717, 1.165) is 16.3 Å². The lowest BCUT2D eigenvalue weighted by Gasteiger charge is -1.96. The van der Waals surface area contributed by atoms with E-state index in [2.05, 4.69) is 42.2 Å². The minimum atomic E-state index is 0.399. The summed E-state index contributed by atoms with van der Waals surface area (Å²) in [4.78, 5) is 4.40. The van der Waals surface area contributed by atoms with Crippen molar-refractivity contribution >= 4 is 11.3 Å². The summed E-state index contributed by atoms with van der Waals surface area (Å²) in [6.45, 7) is 2.06. The Labute approximate surface area is 92.8 Å². The first-order valence-electron chi connectivity index (χ1n) is 4.68. The van der Waals surface area contributed by atoms with E-state index < -0.39 is 0 Å². The lowest BCUT2D eigenvalue weighted by atomic mass is 10.1. The smallest absolute Gasteiger partial charge is 0.107 e. The first kappa shape index (κ1) is 9.88. The van der Waals surface area contributed by atoms with E-state index in [9.17, 15) is 0 Å². The third kappa shape index (κ3) is 2.23. The Morgan fingerprint density at radius 3 is 2.73 bits per heavy atom. The molecule has 0 atom stereocenters. The Bertz CT molecular complexity index is 491. The fourth-order valence-corrected chi connectivity index (χ4v) is 2.05. The Morgan fingerprint density at radius 1 is 1.33 bits per heavy atom. The van der Waals surface area contributed by atoms with Crippen LogP contribution < -0.4 is 0 Å². The number of hydrogen-bond acceptors (Lipinski definition) is 3. The quantitative estimate of drug-likeness (QED) is 0.769. The molecular formula is C12H10N2S. The average molecular weight is 214 g/mol. The molecule has 0 bridgehead atoms. The van der Waals surface area contributed by atoms with Crippen molar-refractivity contribution in [1.82, 2.24) is 4.98 Å². The summed E-state index contributed by atoms with van der Waals surface area (Å²) in [5.74, 6) is 0. The number of rotatable bonds is 2. The van der Waals surface area contributed by atoms with Gasteiger partial charge in [-0.3, -0.25) is 0 Å². The Balaban J connectivity index is 2.30. The molecule has 0 unspecified atom stereocenters. The van der Waals surface area contributed by atoms with Gasteiger partial charge in [-0.2, -0.15) is 5.26 Å². The van der Waals surface area contributed by atoms with Crippen LogP contribution in [0.3, 0.4) is 0 Å². The van der Waals surface area contributed by atoms with Gasteiger partial charge in [0.05, 0.1) is 18.2 Å². The first-order valence-corrected chi connectivity index (χ1v) is 5.56. The molecule has 3 heteroatoms. The van der Waals surface area contributed by atoms with Crippen LogP contribution >= 0.6 is 11.3 Å². The number of nitriles is 1. The normalized spacial score (nSPS) is 9.87. The summed E-state index contributed by atoms with van der Waals surface area (Å²) >= 11 is 1.54. The standard InChI is InChI=1S/C12H10N2S/c1-9-2-4-10(5-3-9)11-8-15-12(14-11)6-7-13/h2-5,8H,6H2,1H3. The van der Waals surface area contributed by atoms with Gasteiger partial charge in [-0.15, -0.1) is 11.3 Å². The lowest BCUT2D eigenvalue weighted by Crippen LogP contribution is -1.81. The average Bonchev–Trinajstić information content (AvgIpc) is 2.68. The molecule has 2 nitrogen and oxygen atoms in total. The van der Waals surface area contributed by atoms with Crippen LogP contribution in [0.2, 0.25) is 0 Å². The van der Waals surface area contributed by atoms with E-state index in [4.69, 9.17) is 5.26 Å². The topological polar surface area (TPSA) is 36.7 Å². The van der Waals surface area contributed by atoms with Crippen molar-refractivity contribution in [1.29, 1.82) is 5.26 Å². The number of thiazole rings is 1. The summed E-state index contributed by atoms with van der Waals surface area (Å²) in [6.07, 6.45) is 0.399. The number of hydrogen-bond donors (Lipinski definition) is 0. The maximum Gasteiger partial charge on any atom is 0.107 e. The zero-order chi connectivity index (χ0) is 10.7. The maximum atomic E-state index is 8.55. The lowest BCUT2D eigenvalue weighted by molar-refractivity contribution is 1.19. The van der Waals surface area contributed by atoms with Gasteiger partial charge in [-0.05, 0) is 6.92 Å². The summed E-state index contributed by atoms with van der Waals surface area (Å²) < 4.78 is 0. The molecule has 0 aliphatic carbocycles. The van der Waals surface area contributed by atoms with Gasteiger partial charge >= 0.3 is 0 Å². The number of aromatic nitrogens is 1. The maximum absolute atomic E-state index is 8.55. The van der Waals surface area contributed by atoms with Gasteiger partial charge in [0.25, 0.3) is 0 Å². The van der Waals surface area contributed by atoms with Crippen LogP contribution in [0.25, 0.3) is 11.3 Å². The SMILES string of the molecule is Cc1ccc(-c2csc(CC#N)n2)cc1. The molecule has 1 heterocycles. The van der Waals surface area contributed by atoms with E-state index in [-0.39, 0.29) is 0 Å². The van der Waals surface area contributed by atoms with Gasteiger partial charge in [0.2, 0.25) is 0 Å². The molecule has 0 aliphatic rings. The highest BCUT2D eigenvalue weighted by atomic mass is 32.1. The molecule has 0 saturated carbocycles.